The van der Waals surface area contributed by atoms with Gasteiger partial charge in [-0.2, -0.15) is 5.10 Å². The Labute approximate surface area is 177 Å². The maximum atomic E-state index is 13.4. The minimum atomic E-state index is -0.785. The van der Waals surface area contributed by atoms with Crippen molar-refractivity contribution in [2.24, 2.45) is 18.9 Å². The molecular formula is C20H24ClFN4O2S. The van der Waals surface area contributed by atoms with Gasteiger partial charge in [-0.15, -0.1) is 0 Å². The van der Waals surface area contributed by atoms with Gasteiger partial charge in [-0.25, -0.2) is 4.39 Å². The van der Waals surface area contributed by atoms with Gasteiger partial charge in [-0.05, 0) is 55.7 Å². The number of carbonyl (C=O) groups is 1. The van der Waals surface area contributed by atoms with Crippen LogP contribution in [0.5, 0.6) is 0 Å². The summed E-state index contributed by atoms with van der Waals surface area (Å²) in [7, 11) is 1.72. The lowest BCUT2D eigenvalue weighted by Gasteiger charge is -2.16. The molecule has 0 aliphatic heterocycles. The quantitative estimate of drug-likeness (QED) is 0.711. The van der Waals surface area contributed by atoms with Crippen molar-refractivity contribution in [2.45, 2.75) is 36.9 Å². The molecule has 2 fully saturated rings. The van der Waals surface area contributed by atoms with Crippen molar-refractivity contribution in [1.82, 2.24) is 9.78 Å². The molecule has 9 heteroatoms. The fraction of sp³-hybridized carbons (Fsp3) is 0.500. The van der Waals surface area contributed by atoms with Crippen LogP contribution >= 0.6 is 11.6 Å². The molecule has 1 aromatic carbocycles. The Hall–Kier alpha value is -1.77. The summed E-state index contributed by atoms with van der Waals surface area (Å²) in [5.74, 6) is 0.563. The highest BCUT2D eigenvalue weighted by Crippen LogP contribution is 2.52. The minimum absolute atomic E-state index is 0.0614. The maximum absolute atomic E-state index is 13.4. The van der Waals surface area contributed by atoms with Crippen molar-refractivity contribution < 1.29 is 13.7 Å². The van der Waals surface area contributed by atoms with Crippen LogP contribution in [-0.4, -0.2) is 31.7 Å². The van der Waals surface area contributed by atoms with Gasteiger partial charge in [0.25, 0.3) is 5.91 Å². The van der Waals surface area contributed by atoms with Crippen molar-refractivity contribution in [3.05, 3.63) is 40.3 Å². The van der Waals surface area contributed by atoms with E-state index in [1.165, 1.54) is 22.9 Å². The number of hydrogen-bond donors (Lipinski definition) is 2. The molecule has 6 nitrogen and oxygen atoms in total. The number of nitrogens with zero attached hydrogens (tertiary/aromatic N) is 2. The van der Waals surface area contributed by atoms with Crippen LogP contribution in [0.3, 0.4) is 0 Å². The molecule has 2 aliphatic rings. The van der Waals surface area contributed by atoms with E-state index in [2.05, 4.69) is 10.4 Å². The molecule has 0 radical (unpaired) electrons. The minimum Gasteiger partial charge on any atom is -0.616 e. The zero-order valence-electron chi connectivity index (χ0n) is 16.3. The third-order valence-corrected chi connectivity index (χ3v) is 7.97. The normalized spacial score (nSPS) is 27.1. The summed E-state index contributed by atoms with van der Waals surface area (Å²) in [6.07, 6.45) is 5.59. The van der Waals surface area contributed by atoms with E-state index in [-0.39, 0.29) is 22.1 Å². The number of aryl methyl sites for hydroxylation is 1. The molecule has 2 aromatic rings. The molecular weight excluding hydrogens is 415 g/mol. The highest BCUT2D eigenvalue weighted by molar-refractivity contribution is 7.91. The number of nitrogens with one attached hydrogen (secondary N) is 1. The molecule has 1 heterocycles. The van der Waals surface area contributed by atoms with E-state index < -0.39 is 17.0 Å². The predicted molar refractivity (Wildman–Crippen MR) is 113 cm³/mol. The van der Waals surface area contributed by atoms with Crippen molar-refractivity contribution in [2.75, 3.05) is 17.3 Å². The Bertz CT molecular complexity index is 937. The van der Waals surface area contributed by atoms with E-state index in [9.17, 15) is 13.7 Å². The lowest BCUT2D eigenvalue weighted by Crippen LogP contribution is -2.18. The Morgan fingerprint density at radius 3 is 2.59 bits per heavy atom. The first-order valence-electron chi connectivity index (χ1n) is 9.65. The number of carbonyl (C=O) groups excluding carboxylic acids is 1. The van der Waals surface area contributed by atoms with Crippen LogP contribution in [0.1, 0.15) is 47.7 Å². The smallest absolute Gasteiger partial charge is 0.261 e. The van der Waals surface area contributed by atoms with Crippen molar-refractivity contribution in [3.63, 3.8) is 0 Å². The number of nitrogen functional groups attached to an aromatic ring is 1. The average Bonchev–Trinajstić information content (AvgIpc) is 3.30. The van der Waals surface area contributed by atoms with Crippen molar-refractivity contribution in [1.29, 1.82) is 0 Å². The zero-order chi connectivity index (χ0) is 20.9. The molecule has 0 bridgehead atoms. The molecule has 4 rings (SSSR count). The third kappa shape index (κ3) is 3.85. The third-order valence-electron chi connectivity index (χ3n) is 6.35. The Balaban J connectivity index is 1.55. The van der Waals surface area contributed by atoms with Crippen LogP contribution in [0, 0.1) is 17.7 Å². The van der Waals surface area contributed by atoms with Crippen molar-refractivity contribution >= 4 is 40.2 Å². The van der Waals surface area contributed by atoms with E-state index in [1.807, 2.05) is 0 Å². The molecule has 3 N–H and O–H groups in total. The summed E-state index contributed by atoms with van der Waals surface area (Å²) >= 11 is 5.03. The molecule has 1 aromatic heterocycles. The molecule has 0 spiro atoms. The lowest BCUT2D eigenvalue weighted by molar-refractivity contribution is 0.102. The monoisotopic (exact) mass is 438 g/mol. The maximum Gasteiger partial charge on any atom is 0.261 e. The lowest BCUT2D eigenvalue weighted by atomic mass is 9.96. The Morgan fingerprint density at radius 1 is 1.34 bits per heavy atom. The number of amides is 1. The van der Waals surface area contributed by atoms with E-state index in [0.29, 0.717) is 34.6 Å². The molecule has 1 amide bonds. The second kappa shape index (κ2) is 7.81. The summed E-state index contributed by atoms with van der Waals surface area (Å²) in [5.41, 5.74) is 7.64. The van der Waals surface area contributed by atoms with Crippen LogP contribution < -0.4 is 11.1 Å². The van der Waals surface area contributed by atoms with Crippen LogP contribution in [0.15, 0.2) is 18.2 Å². The predicted octanol–water partition coefficient (Wildman–Crippen LogP) is 3.70. The highest BCUT2D eigenvalue weighted by atomic mass is 35.5. The summed E-state index contributed by atoms with van der Waals surface area (Å²) in [6, 6.07) is 4.03. The fourth-order valence-corrected chi connectivity index (χ4v) is 6.12. The van der Waals surface area contributed by atoms with Gasteiger partial charge in [0.1, 0.15) is 22.4 Å². The molecule has 29 heavy (non-hydrogen) atoms. The van der Waals surface area contributed by atoms with Gasteiger partial charge in [-0.3, -0.25) is 9.48 Å². The largest absolute Gasteiger partial charge is 0.616 e. The molecule has 2 saturated carbocycles. The van der Waals surface area contributed by atoms with Gasteiger partial charge < -0.3 is 15.6 Å². The second-order valence-corrected chi connectivity index (χ2v) is 10.2. The number of nitrogens with two attached hydrogens (primary N) is 1. The first-order chi connectivity index (χ1) is 13.7. The molecule has 3 atom stereocenters. The standard InChI is InChI=1S/C20H24ClFN4O2S/c1-26-19(23)17(20(27)24-13-3-4-16(22)15(21)9-13)18(25-26)12-5-10-7-14(29(2)28)8-11(10)6-12/h3-4,9-12,14H,5-8,23H2,1-2H3,(H,24,27). The zero-order valence-corrected chi connectivity index (χ0v) is 17.9. The topological polar surface area (TPSA) is 96.0 Å². The van der Waals surface area contributed by atoms with Gasteiger partial charge in [0.05, 0.1) is 17.0 Å². The number of aromatic nitrogens is 2. The van der Waals surface area contributed by atoms with Gasteiger partial charge in [0.2, 0.25) is 0 Å². The number of halogens is 2. The van der Waals surface area contributed by atoms with Crippen LogP contribution in [0.4, 0.5) is 15.9 Å². The van der Waals surface area contributed by atoms with E-state index in [1.54, 1.807) is 13.3 Å². The molecule has 156 valence electrons. The van der Waals surface area contributed by atoms with Gasteiger partial charge in [0.15, 0.2) is 0 Å². The number of hydrogen-bond acceptors (Lipinski definition) is 4. The summed E-state index contributed by atoms with van der Waals surface area (Å²) in [6.45, 7) is 0. The molecule has 2 aliphatic carbocycles. The van der Waals surface area contributed by atoms with E-state index in [4.69, 9.17) is 17.3 Å². The number of benzene rings is 1. The number of fused-ring (bicyclic) bond motifs is 1. The first-order valence-corrected chi connectivity index (χ1v) is 11.7. The SMILES string of the molecule is Cn1nc(C2CC3CC([S+](C)[O-])CC3C2)c(C(=O)Nc2ccc(F)c(Cl)c2)c1N. The molecule has 0 saturated heterocycles. The first kappa shape index (κ1) is 20.5. The van der Waals surface area contributed by atoms with Gasteiger partial charge in [0, 0.05) is 18.7 Å². The fourth-order valence-electron chi connectivity index (χ4n) is 4.90. The van der Waals surface area contributed by atoms with Crippen LogP contribution in [0.25, 0.3) is 0 Å². The summed E-state index contributed by atoms with van der Waals surface area (Å²) in [5, 5.41) is 7.53. The van der Waals surface area contributed by atoms with Gasteiger partial charge in [-0.1, -0.05) is 22.8 Å². The summed E-state index contributed by atoms with van der Waals surface area (Å²) < 4.78 is 26.7. The highest BCUT2D eigenvalue weighted by Gasteiger charge is 2.46. The van der Waals surface area contributed by atoms with E-state index in [0.717, 1.165) is 25.7 Å². The van der Waals surface area contributed by atoms with Crippen LogP contribution in [-0.2, 0) is 18.2 Å². The Kier molecular flexibility index (Phi) is 5.52. The number of anilines is 2. The second-order valence-electron chi connectivity index (χ2n) is 8.13. The van der Waals surface area contributed by atoms with Gasteiger partial charge >= 0.3 is 0 Å². The average molecular weight is 439 g/mol. The van der Waals surface area contributed by atoms with Crippen LogP contribution in [0.2, 0.25) is 5.02 Å². The van der Waals surface area contributed by atoms with E-state index >= 15 is 0 Å². The molecule has 3 unspecified atom stereocenters. The van der Waals surface area contributed by atoms with Crippen molar-refractivity contribution in [3.8, 4) is 0 Å². The summed E-state index contributed by atoms with van der Waals surface area (Å²) in [4.78, 5) is 13.0. The Morgan fingerprint density at radius 2 is 2.00 bits per heavy atom. The number of rotatable bonds is 4.